The maximum atomic E-state index is 12.5. The molecule has 27 heavy (non-hydrogen) atoms. The van der Waals surface area contributed by atoms with Gasteiger partial charge in [0.05, 0.1) is 11.9 Å². The Morgan fingerprint density at radius 1 is 1.04 bits per heavy atom. The van der Waals surface area contributed by atoms with Gasteiger partial charge in [0.15, 0.2) is 0 Å². The quantitative estimate of drug-likeness (QED) is 0.525. The van der Waals surface area contributed by atoms with Crippen molar-refractivity contribution >= 4 is 16.8 Å². The Kier molecular flexibility index (Phi) is 4.75. The number of hydrogen-bond donors (Lipinski definition) is 0. The van der Waals surface area contributed by atoms with Crippen molar-refractivity contribution in [2.24, 2.45) is 0 Å². The van der Waals surface area contributed by atoms with Crippen LogP contribution in [0, 0.1) is 0 Å². The van der Waals surface area contributed by atoms with Gasteiger partial charge in [-0.3, -0.25) is 4.79 Å². The summed E-state index contributed by atoms with van der Waals surface area (Å²) in [5.41, 5.74) is 3.19. The van der Waals surface area contributed by atoms with Crippen LogP contribution in [0.2, 0.25) is 0 Å². The van der Waals surface area contributed by atoms with Gasteiger partial charge < -0.3 is 9.47 Å². The summed E-state index contributed by atoms with van der Waals surface area (Å²) in [7, 11) is 1.84. The zero-order valence-corrected chi connectivity index (χ0v) is 15.3. The SMILES string of the molecule is CN(Cc1cnn(-c2ccccc2)c1)C(=O)CCn1ccc2ccccc21. The molecular formula is C22H22N4O. The molecule has 0 spiro atoms. The molecule has 0 bridgehead atoms. The number of nitrogens with zero attached hydrogens (tertiary/aromatic N) is 4. The highest BCUT2D eigenvalue weighted by Gasteiger charge is 2.11. The molecule has 0 radical (unpaired) electrons. The van der Waals surface area contributed by atoms with Gasteiger partial charge in [0.2, 0.25) is 5.91 Å². The summed E-state index contributed by atoms with van der Waals surface area (Å²) in [6.45, 7) is 1.23. The Balaban J connectivity index is 1.36. The van der Waals surface area contributed by atoms with Crippen molar-refractivity contribution in [3.8, 4) is 5.69 Å². The molecule has 0 N–H and O–H groups in total. The van der Waals surface area contributed by atoms with Gasteiger partial charge >= 0.3 is 0 Å². The minimum atomic E-state index is 0.125. The molecule has 2 heterocycles. The van der Waals surface area contributed by atoms with E-state index in [9.17, 15) is 4.79 Å². The lowest BCUT2D eigenvalue weighted by atomic mass is 10.2. The first kappa shape index (κ1) is 17.1. The first-order valence-corrected chi connectivity index (χ1v) is 9.07. The zero-order chi connectivity index (χ0) is 18.6. The van der Waals surface area contributed by atoms with Crippen molar-refractivity contribution in [2.45, 2.75) is 19.5 Å². The normalized spacial score (nSPS) is 11.0. The van der Waals surface area contributed by atoms with Gasteiger partial charge in [-0.2, -0.15) is 5.10 Å². The van der Waals surface area contributed by atoms with Crippen LogP contribution in [0.1, 0.15) is 12.0 Å². The largest absolute Gasteiger partial charge is 0.347 e. The van der Waals surface area contributed by atoms with Crippen LogP contribution in [0.25, 0.3) is 16.6 Å². The average molecular weight is 358 g/mol. The number of amides is 1. The fraction of sp³-hybridized carbons (Fsp3) is 0.182. The Labute approximate surface area is 158 Å². The second-order valence-corrected chi connectivity index (χ2v) is 6.70. The first-order chi connectivity index (χ1) is 13.2. The van der Waals surface area contributed by atoms with Crippen molar-refractivity contribution in [1.82, 2.24) is 19.2 Å². The molecule has 0 saturated heterocycles. The molecule has 2 aromatic heterocycles. The Morgan fingerprint density at radius 3 is 2.67 bits per heavy atom. The second kappa shape index (κ2) is 7.50. The van der Waals surface area contributed by atoms with Crippen LogP contribution in [-0.4, -0.2) is 32.2 Å². The Hall–Kier alpha value is -3.34. The highest BCUT2D eigenvalue weighted by molar-refractivity contribution is 5.80. The zero-order valence-electron chi connectivity index (χ0n) is 15.3. The summed E-state index contributed by atoms with van der Waals surface area (Å²) in [5, 5.41) is 5.59. The molecule has 136 valence electrons. The van der Waals surface area contributed by atoms with Crippen molar-refractivity contribution in [3.05, 3.63) is 84.8 Å². The molecule has 5 nitrogen and oxygen atoms in total. The number of aromatic nitrogens is 3. The lowest BCUT2D eigenvalue weighted by Crippen LogP contribution is -2.26. The lowest BCUT2D eigenvalue weighted by molar-refractivity contribution is -0.130. The molecule has 0 saturated carbocycles. The monoisotopic (exact) mass is 358 g/mol. The van der Waals surface area contributed by atoms with Gasteiger partial charge in [0, 0.05) is 50.0 Å². The number of hydrogen-bond acceptors (Lipinski definition) is 2. The molecule has 0 unspecified atom stereocenters. The third kappa shape index (κ3) is 3.77. The fourth-order valence-electron chi connectivity index (χ4n) is 3.27. The van der Waals surface area contributed by atoms with Gasteiger partial charge in [-0.1, -0.05) is 36.4 Å². The van der Waals surface area contributed by atoms with Gasteiger partial charge in [-0.15, -0.1) is 0 Å². The van der Waals surface area contributed by atoms with Crippen molar-refractivity contribution in [1.29, 1.82) is 0 Å². The van der Waals surface area contributed by atoms with E-state index in [-0.39, 0.29) is 5.91 Å². The van der Waals surface area contributed by atoms with Crippen molar-refractivity contribution < 1.29 is 4.79 Å². The van der Waals surface area contributed by atoms with Crippen LogP contribution in [-0.2, 0) is 17.9 Å². The Morgan fingerprint density at radius 2 is 1.81 bits per heavy atom. The molecule has 0 aliphatic heterocycles. The van der Waals surface area contributed by atoms with Crippen LogP contribution in [0.15, 0.2) is 79.3 Å². The van der Waals surface area contributed by atoms with E-state index >= 15 is 0 Å². The van der Waals surface area contributed by atoms with Gasteiger partial charge in [-0.05, 0) is 29.7 Å². The molecule has 0 atom stereocenters. The third-order valence-electron chi connectivity index (χ3n) is 4.75. The number of aryl methyl sites for hydroxylation is 1. The number of carbonyl (C=O) groups excluding carboxylic acids is 1. The van der Waals surface area contributed by atoms with E-state index in [0.717, 1.165) is 16.8 Å². The van der Waals surface area contributed by atoms with Crippen molar-refractivity contribution in [3.63, 3.8) is 0 Å². The van der Waals surface area contributed by atoms with E-state index in [2.05, 4.69) is 27.9 Å². The van der Waals surface area contributed by atoms with E-state index in [1.54, 1.807) is 4.90 Å². The fourth-order valence-corrected chi connectivity index (χ4v) is 3.27. The minimum absolute atomic E-state index is 0.125. The summed E-state index contributed by atoms with van der Waals surface area (Å²) < 4.78 is 3.97. The molecule has 4 rings (SSSR count). The van der Waals surface area contributed by atoms with E-state index in [1.165, 1.54) is 5.39 Å². The highest BCUT2D eigenvalue weighted by Crippen LogP contribution is 2.16. The molecule has 1 amide bonds. The molecule has 2 aromatic carbocycles. The average Bonchev–Trinajstić information content (AvgIpc) is 3.34. The summed E-state index contributed by atoms with van der Waals surface area (Å²) >= 11 is 0. The van der Waals surface area contributed by atoms with E-state index < -0.39 is 0 Å². The molecule has 0 aliphatic carbocycles. The van der Waals surface area contributed by atoms with Crippen LogP contribution in [0.4, 0.5) is 0 Å². The number of benzene rings is 2. The summed E-state index contributed by atoms with van der Waals surface area (Å²) in [6.07, 6.45) is 6.30. The minimum Gasteiger partial charge on any atom is -0.347 e. The summed E-state index contributed by atoms with van der Waals surface area (Å²) in [4.78, 5) is 14.3. The maximum Gasteiger partial charge on any atom is 0.224 e. The van der Waals surface area contributed by atoms with Gasteiger partial charge in [0.25, 0.3) is 0 Å². The van der Waals surface area contributed by atoms with Crippen LogP contribution in [0.5, 0.6) is 0 Å². The smallest absolute Gasteiger partial charge is 0.224 e. The molecule has 0 aliphatic rings. The Bertz CT molecular complexity index is 1050. The van der Waals surface area contributed by atoms with Crippen LogP contribution >= 0.6 is 0 Å². The molecule has 0 fully saturated rings. The predicted octanol–water partition coefficient (Wildman–Crippen LogP) is 3.88. The summed E-state index contributed by atoms with van der Waals surface area (Å²) in [5.74, 6) is 0.125. The summed E-state index contributed by atoms with van der Waals surface area (Å²) in [6, 6.07) is 20.3. The van der Waals surface area contributed by atoms with E-state index in [1.807, 2.05) is 72.8 Å². The van der Waals surface area contributed by atoms with E-state index in [4.69, 9.17) is 0 Å². The maximum absolute atomic E-state index is 12.5. The standard InChI is InChI=1S/C22H22N4O/c1-24(16-18-15-23-26(17-18)20-8-3-2-4-9-20)22(27)12-14-25-13-11-19-7-5-6-10-21(19)25/h2-11,13,15,17H,12,14,16H2,1H3. The molecule has 4 aromatic rings. The topological polar surface area (TPSA) is 43.1 Å². The van der Waals surface area contributed by atoms with Crippen LogP contribution in [0.3, 0.4) is 0 Å². The first-order valence-electron chi connectivity index (χ1n) is 9.07. The number of carbonyl (C=O) groups is 1. The predicted molar refractivity (Wildman–Crippen MR) is 107 cm³/mol. The van der Waals surface area contributed by atoms with Crippen molar-refractivity contribution in [2.75, 3.05) is 7.05 Å². The number of para-hydroxylation sites is 2. The van der Waals surface area contributed by atoms with E-state index in [0.29, 0.717) is 19.5 Å². The lowest BCUT2D eigenvalue weighted by Gasteiger charge is -2.16. The van der Waals surface area contributed by atoms with Gasteiger partial charge in [-0.25, -0.2) is 4.68 Å². The second-order valence-electron chi connectivity index (χ2n) is 6.70. The van der Waals surface area contributed by atoms with Gasteiger partial charge in [0.1, 0.15) is 0 Å². The third-order valence-corrected chi connectivity index (χ3v) is 4.75. The highest BCUT2D eigenvalue weighted by atomic mass is 16.2. The number of rotatable bonds is 6. The van der Waals surface area contributed by atoms with Crippen LogP contribution < -0.4 is 0 Å². The molecule has 5 heteroatoms. The number of fused-ring (bicyclic) bond motifs is 1. The molecular weight excluding hydrogens is 336 g/mol.